The van der Waals surface area contributed by atoms with Gasteiger partial charge in [-0.3, -0.25) is 10.4 Å². The number of allylic oxidation sites excluding steroid dienone is 2. The lowest BCUT2D eigenvalue weighted by atomic mass is 10.1. The third-order valence-corrected chi connectivity index (χ3v) is 3.38. The van der Waals surface area contributed by atoms with Crippen molar-refractivity contribution in [3.63, 3.8) is 0 Å². The van der Waals surface area contributed by atoms with E-state index in [-0.39, 0.29) is 24.6 Å². The highest BCUT2D eigenvalue weighted by Crippen LogP contribution is 2.34. The molecule has 1 aromatic rings. The van der Waals surface area contributed by atoms with Gasteiger partial charge in [0, 0.05) is 6.54 Å². The van der Waals surface area contributed by atoms with Gasteiger partial charge in [0.2, 0.25) is 0 Å². The molecule has 0 bridgehead atoms. The van der Waals surface area contributed by atoms with Crippen molar-refractivity contribution in [2.45, 2.75) is 32.6 Å². The van der Waals surface area contributed by atoms with E-state index in [4.69, 9.17) is 10.5 Å². The van der Waals surface area contributed by atoms with E-state index in [0.29, 0.717) is 11.1 Å². The highest BCUT2D eigenvalue weighted by atomic mass is 19.4. The minimum atomic E-state index is -5.06. The molecule has 27 heavy (non-hydrogen) atoms. The summed E-state index contributed by atoms with van der Waals surface area (Å²) in [6.45, 7) is 3.21. The normalized spacial score (nSPS) is 11.5. The standard InChI is InChI=1S/C17H16F6N4/c1-11(2)6-7-27(15(17(21,22)23)12(9-24)10-25)26-14-5-3-4-13(8-14)16(18,19)20/h3-5,8,11,26H,6-7H2,1-2H3. The van der Waals surface area contributed by atoms with E-state index in [1.165, 1.54) is 12.1 Å². The Balaban J connectivity index is 3.39. The molecule has 1 rings (SSSR count). The molecule has 0 heterocycles. The van der Waals surface area contributed by atoms with Crippen LogP contribution in [0.1, 0.15) is 25.8 Å². The van der Waals surface area contributed by atoms with Gasteiger partial charge in [0.25, 0.3) is 0 Å². The average molecular weight is 390 g/mol. The number of halogens is 6. The third kappa shape index (κ3) is 6.41. The fraction of sp³-hybridized carbons (Fsp3) is 0.412. The molecular weight excluding hydrogens is 374 g/mol. The Hall–Kier alpha value is -2.88. The molecule has 1 N–H and O–H groups in total. The van der Waals surface area contributed by atoms with Gasteiger partial charge in [0.05, 0.1) is 11.3 Å². The predicted octanol–water partition coefficient (Wildman–Crippen LogP) is 5.24. The van der Waals surface area contributed by atoms with Gasteiger partial charge in [-0.1, -0.05) is 19.9 Å². The molecule has 0 spiro atoms. The molecule has 0 aromatic heterocycles. The SMILES string of the molecule is CC(C)CCN(Nc1cccc(C(F)(F)F)c1)C(=C(C#N)C#N)C(F)(F)F. The van der Waals surface area contributed by atoms with Crippen LogP contribution < -0.4 is 5.43 Å². The van der Waals surface area contributed by atoms with Crippen molar-refractivity contribution in [3.05, 3.63) is 41.1 Å². The topological polar surface area (TPSA) is 62.9 Å². The lowest BCUT2D eigenvalue weighted by Crippen LogP contribution is -2.38. The zero-order valence-corrected chi connectivity index (χ0v) is 14.4. The number of hydrazine groups is 1. The predicted molar refractivity (Wildman–Crippen MR) is 85.5 cm³/mol. The molecule has 0 aliphatic rings. The van der Waals surface area contributed by atoms with Crippen molar-refractivity contribution in [1.29, 1.82) is 10.5 Å². The number of hydrogen-bond acceptors (Lipinski definition) is 4. The first kappa shape index (κ1) is 22.2. The summed E-state index contributed by atoms with van der Waals surface area (Å²) in [6, 6.07) is 5.99. The maximum atomic E-state index is 13.5. The molecule has 0 radical (unpaired) electrons. The van der Waals surface area contributed by atoms with Crippen LogP contribution in [0.15, 0.2) is 35.5 Å². The van der Waals surface area contributed by atoms with Crippen LogP contribution in [0.3, 0.4) is 0 Å². The smallest absolute Gasteiger partial charge is 0.298 e. The number of nitrogens with zero attached hydrogens (tertiary/aromatic N) is 3. The Kier molecular flexibility index (Phi) is 7.12. The van der Waals surface area contributed by atoms with Crippen molar-refractivity contribution >= 4 is 5.69 Å². The van der Waals surface area contributed by atoms with Crippen LogP contribution in [-0.4, -0.2) is 17.7 Å². The monoisotopic (exact) mass is 390 g/mol. The summed E-state index contributed by atoms with van der Waals surface area (Å²) in [6.07, 6.45) is -9.50. The fourth-order valence-corrected chi connectivity index (χ4v) is 2.09. The number of nitrogens with one attached hydrogen (secondary N) is 1. The molecule has 0 saturated heterocycles. The molecule has 0 aliphatic carbocycles. The third-order valence-electron chi connectivity index (χ3n) is 3.38. The summed E-state index contributed by atoms with van der Waals surface area (Å²) in [5.74, 6) is -0.0297. The van der Waals surface area contributed by atoms with Crippen molar-refractivity contribution < 1.29 is 26.3 Å². The van der Waals surface area contributed by atoms with Gasteiger partial charge in [-0.25, -0.2) is 0 Å². The van der Waals surface area contributed by atoms with E-state index in [2.05, 4.69) is 5.43 Å². The van der Waals surface area contributed by atoms with E-state index in [1.54, 1.807) is 13.8 Å². The van der Waals surface area contributed by atoms with Crippen molar-refractivity contribution in [2.24, 2.45) is 5.92 Å². The van der Waals surface area contributed by atoms with Gasteiger partial charge in [0.1, 0.15) is 12.1 Å². The second kappa shape index (κ2) is 8.67. The Morgan fingerprint density at radius 3 is 2.15 bits per heavy atom. The maximum absolute atomic E-state index is 13.5. The number of alkyl halides is 6. The maximum Gasteiger partial charge on any atom is 0.434 e. The minimum Gasteiger partial charge on any atom is -0.298 e. The zero-order chi connectivity index (χ0) is 20.8. The summed E-state index contributed by atoms with van der Waals surface area (Å²) >= 11 is 0. The van der Waals surface area contributed by atoms with Gasteiger partial charge >= 0.3 is 12.4 Å². The quantitative estimate of drug-likeness (QED) is 0.410. The number of hydrogen-bond donors (Lipinski definition) is 1. The minimum absolute atomic E-state index is 0.0297. The molecule has 0 atom stereocenters. The Bertz CT molecular complexity index is 749. The average Bonchev–Trinajstić information content (AvgIpc) is 2.55. The Morgan fingerprint density at radius 2 is 1.70 bits per heavy atom. The number of nitriles is 2. The van der Waals surface area contributed by atoms with Crippen LogP contribution in [0.4, 0.5) is 32.0 Å². The van der Waals surface area contributed by atoms with Crippen molar-refractivity contribution in [2.75, 3.05) is 12.0 Å². The lowest BCUT2D eigenvalue weighted by molar-refractivity contribution is -0.137. The molecule has 0 saturated carbocycles. The first-order valence-electron chi connectivity index (χ1n) is 7.73. The molecule has 0 aliphatic heterocycles. The second-order valence-electron chi connectivity index (χ2n) is 5.97. The molecule has 146 valence electrons. The summed E-state index contributed by atoms with van der Waals surface area (Å²) in [5, 5.41) is 18.2. The summed E-state index contributed by atoms with van der Waals surface area (Å²) in [7, 11) is 0. The van der Waals surface area contributed by atoms with E-state index >= 15 is 0 Å². The summed E-state index contributed by atoms with van der Waals surface area (Å²) < 4.78 is 78.9. The highest BCUT2D eigenvalue weighted by molar-refractivity contribution is 5.48. The van der Waals surface area contributed by atoms with E-state index in [0.717, 1.165) is 18.2 Å². The molecule has 1 aromatic carbocycles. The van der Waals surface area contributed by atoms with Gasteiger partial charge in [-0.2, -0.15) is 36.9 Å². The molecule has 10 heteroatoms. The largest absolute Gasteiger partial charge is 0.434 e. The highest BCUT2D eigenvalue weighted by Gasteiger charge is 2.41. The van der Waals surface area contributed by atoms with Crippen LogP contribution in [0.25, 0.3) is 0 Å². The van der Waals surface area contributed by atoms with Gasteiger partial charge in [-0.05, 0) is 30.5 Å². The molecule has 0 unspecified atom stereocenters. The lowest BCUT2D eigenvalue weighted by Gasteiger charge is -2.30. The van der Waals surface area contributed by atoms with E-state index < -0.39 is 29.2 Å². The van der Waals surface area contributed by atoms with Crippen LogP contribution in [0, 0.1) is 28.6 Å². The summed E-state index contributed by atoms with van der Waals surface area (Å²) in [5.41, 5.74) is -1.79. The molecular formula is C17H16F6N4. The van der Waals surface area contributed by atoms with Crippen LogP contribution >= 0.6 is 0 Å². The van der Waals surface area contributed by atoms with Crippen LogP contribution in [0.5, 0.6) is 0 Å². The molecule has 0 amide bonds. The number of anilines is 1. The van der Waals surface area contributed by atoms with Crippen molar-refractivity contribution in [1.82, 2.24) is 5.01 Å². The van der Waals surface area contributed by atoms with Gasteiger partial charge in [0.15, 0.2) is 11.3 Å². The molecule has 4 nitrogen and oxygen atoms in total. The first-order valence-corrected chi connectivity index (χ1v) is 7.73. The number of benzene rings is 1. The van der Waals surface area contributed by atoms with Gasteiger partial charge < -0.3 is 0 Å². The van der Waals surface area contributed by atoms with Crippen molar-refractivity contribution in [3.8, 4) is 12.1 Å². The molecule has 0 fully saturated rings. The fourth-order valence-electron chi connectivity index (χ4n) is 2.09. The Labute approximate surface area is 152 Å². The zero-order valence-electron chi connectivity index (χ0n) is 14.4. The van der Waals surface area contributed by atoms with Crippen LogP contribution in [0.2, 0.25) is 0 Å². The Morgan fingerprint density at radius 1 is 1.11 bits per heavy atom. The van der Waals surface area contributed by atoms with E-state index in [1.807, 2.05) is 0 Å². The number of rotatable bonds is 6. The summed E-state index contributed by atoms with van der Waals surface area (Å²) in [4.78, 5) is 0. The van der Waals surface area contributed by atoms with Gasteiger partial charge in [-0.15, -0.1) is 0 Å². The first-order chi connectivity index (χ1) is 12.4. The van der Waals surface area contributed by atoms with Crippen LogP contribution in [-0.2, 0) is 6.18 Å². The second-order valence-corrected chi connectivity index (χ2v) is 5.97. The van der Waals surface area contributed by atoms with E-state index in [9.17, 15) is 26.3 Å².